The van der Waals surface area contributed by atoms with Crippen LogP contribution in [0.1, 0.15) is 60.5 Å². The van der Waals surface area contributed by atoms with Gasteiger partial charge >= 0.3 is 0 Å². The van der Waals surface area contributed by atoms with Crippen molar-refractivity contribution < 1.29 is 4.79 Å². The number of aryl methyl sites for hydroxylation is 1. The number of rotatable bonds is 4. The highest BCUT2D eigenvalue weighted by atomic mass is 32.1. The third kappa shape index (κ3) is 4.13. The highest BCUT2D eigenvalue weighted by Gasteiger charge is 2.32. The molecule has 1 aromatic heterocycles. The molecule has 33 heavy (non-hydrogen) atoms. The fourth-order valence-corrected chi connectivity index (χ4v) is 5.46. The number of nitrogens with zero attached hydrogens (tertiary/aromatic N) is 2. The molecule has 0 radical (unpaired) electrons. The van der Waals surface area contributed by atoms with Gasteiger partial charge in [0.15, 0.2) is 5.11 Å². The number of thiocarbonyl (C=S) groups is 1. The lowest BCUT2D eigenvalue weighted by molar-refractivity contribution is -0.113. The molecule has 2 fully saturated rings. The van der Waals surface area contributed by atoms with Crippen molar-refractivity contribution in [3.8, 4) is 5.69 Å². The van der Waals surface area contributed by atoms with E-state index in [1.165, 1.54) is 37.7 Å². The molecule has 0 unspecified atom stereocenters. The van der Waals surface area contributed by atoms with Crippen LogP contribution in [-0.4, -0.2) is 15.6 Å². The van der Waals surface area contributed by atoms with Gasteiger partial charge in [-0.25, -0.2) is 0 Å². The molecule has 1 saturated carbocycles. The zero-order valence-corrected chi connectivity index (χ0v) is 20.0. The molecule has 0 atom stereocenters. The first-order chi connectivity index (χ1) is 16.0. The molecule has 3 aromatic rings. The molecule has 5 heteroatoms. The third-order valence-electron chi connectivity index (χ3n) is 6.89. The van der Waals surface area contributed by atoms with Crippen LogP contribution in [0.15, 0.2) is 66.4 Å². The van der Waals surface area contributed by atoms with E-state index in [4.69, 9.17) is 12.2 Å². The maximum atomic E-state index is 13.1. The molecular formula is C28H29N3OS. The van der Waals surface area contributed by atoms with Crippen molar-refractivity contribution in [1.29, 1.82) is 0 Å². The summed E-state index contributed by atoms with van der Waals surface area (Å²) < 4.78 is 2.25. The maximum Gasteiger partial charge on any atom is 0.281 e. The highest BCUT2D eigenvalue weighted by Crippen LogP contribution is 2.33. The maximum absolute atomic E-state index is 13.1. The average Bonchev–Trinajstić information content (AvgIpc) is 3.28. The lowest BCUT2D eigenvalue weighted by atomic mass is 9.84. The summed E-state index contributed by atoms with van der Waals surface area (Å²) in [6.45, 7) is 4.20. The Hall–Kier alpha value is -3.18. The van der Waals surface area contributed by atoms with E-state index in [9.17, 15) is 4.79 Å². The minimum Gasteiger partial charge on any atom is -0.327 e. The van der Waals surface area contributed by atoms with Crippen LogP contribution in [0.5, 0.6) is 0 Å². The van der Waals surface area contributed by atoms with Crippen molar-refractivity contribution in [2.45, 2.75) is 51.9 Å². The minimum atomic E-state index is -0.132. The number of amides is 1. The van der Waals surface area contributed by atoms with Crippen molar-refractivity contribution in [3.05, 3.63) is 88.9 Å². The van der Waals surface area contributed by atoms with Crippen molar-refractivity contribution in [1.82, 2.24) is 9.88 Å². The van der Waals surface area contributed by atoms with Gasteiger partial charge in [0.2, 0.25) is 0 Å². The first kappa shape index (κ1) is 21.7. The van der Waals surface area contributed by atoms with E-state index in [1.807, 2.05) is 36.4 Å². The Bertz CT molecular complexity index is 1220. The van der Waals surface area contributed by atoms with Gasteiger partial charge in [0.1, 0.15) is 5.70 Å². The Balaban J connectivity index is 1.42. The van der Waals surface area contributed by atoms with E-state index in [-0.39, 0.29) is 5.91 Å². The van der Waals surface area contributed by atoms with E-state index in [0.29, 0.717) is 16.7 Å². The predicted molar refractivity (Wildman–Crippen MR) is 139 cm³/mol. The summed E-state index contributed by atoms with van der Waals surface area (Å²) in [5.74, 6) is 0.573. The van der Waals surface area contributed by atoms with E-state index in [2.05, 4.69) is 54.1 Å². The zero-order valence-electron chi connectivity index (χ0n) is 19.2. The van der Waals surface area contributed by atoms with Gasteiger partial charge in [-0.05, 0) is 92.4 Å². The van der Waals surface area contributed by atoms with Crippen LogP contribution in [-0.2, 0) is 4.79 Å². The van der Waals surface area contributed by atoms with Gasteiger partial charge in [0.05, 0.1) is 5.69 Å². The summed E-state index contributed by atoms with van der Waals surface area (Å²) in [5.41, 5.74) is 7.13. The summed E-state index contributed by atoms with van der Waals surface area (Å²) >= 11 is 5.45. The molecule has 2 aromatic carbocycles. The quantitative estimate of drug-likeness (QED) is 0.365. The Kier molecular flexibility index (Phi) is 5.90. The van der Waals surface area contributed by atoms with Crippen LogP contribution in [0.2, 0.25) is 0 Å². The SMILES string of the molecule is Cc1cc(/C=C2\NC(=S)N(c3ccccc3)C2=O)c(C)n1-c1ccc(C2CCCCC2)cc1. The zero-order chi connectivity index (χ0) is 22.9. The molecule has 1 aliphatic heterocycles. The Morgan fingerprint density at radius 3 is 2.33 bits per heavy atom. The fraction of sp³-hybridized carbons (Fsp3) is 0.286. The molecule has 0 bridgehead atoms. The first-order valence-corrected chi connectivity index (χ1v) is 12.2. The summed E-state index contributed by atoms with van der Waals surface area (Å²) in [6, 6.07) is 20.7. The second-order valence-corrected chi connectivity index (χ2v) is 9.44. The number of aromatic nitrogens is 1. The largest absolute Gasteiger partial charge is 0.327 e. The van der Waals surface area contributed by atoms with E-state index >= 15 is 0 Å². The van der Waals surface area contributed by atoms with Gasteiger partial charge < -0.3 is 9.88 Å². The number of nitrogens with one attached hydrogen (secondary N) is 1. The van der Waals surface area contributed by atoms with Gasteiger partial charge in [0, 0.05) is 17.1 Å². The van der Waals surface area contributed by atoms with Crippen LogP contribution in [0.25, 0.3) is 11.8 Å². The number of benzene rings is 2. The molecular weight excluding hydrogens is 426 g/mol. The molecule has 2 aliphatic rings. The second kappa shape index (κ2) is 8.99. The summed E-state index contributed by atoms with van der Waals surface area (Å²) in [6.07, 6.45) is 8.59. The van der Waals surface area contributed by atoms with Gasteiger partial charge in [-0.15, -0.1) is 0 Å². The summed E-state index contributed by atoms with van der Waals surface area (Å²) in [5, 5.41) is 3.51. The number of hydrogen-bond acceptors (Lipinski definition) is 2. The topological polar surface area (TPSA) is 37.3 Å². The van der Waals surface area contributed by atoms with Crippen molar-refractivity contribution in [3.63, 3.8) is 0 Å². The number of hydrogen-bond donors (Lipinski definition) is 1. The van der Waals surface area contributed by atoms with Crippen LogP contribution in [0, 0.1) is 13.8 Å². The van der Waals surface area contributed by atoms with E-state index in [0.717, 1.165) is 28.3 Å². The monoisotopic (exact) mass is 455 g/mol. The Morgan fingerprint density at radius 1 is 0.939 bits per heavy atom. The van der Waals surface area contributed by atoms with E-state index in [1.54, 1.807) is 4.90 Å². The molecule has 1 N–H and O–H groups in total. The lowest BCUT2D eigenvalue weighted by Gasteiger charge is -2.22. The molecule has 1 amide bonds. The van der Waals surface area contributed by atoms with Crippen LogP contribution in [0.3, 0.4) is 0 Å². The van der Waals surface area contributed by atoms with Crippen LogP contribution >= 0.6 is 12.2 Å². The number of carbonyl (C=O) groups is 1. The van der Waals surface area contributed by atoms with Crippen LogP contribution < -0.4 is 10.2 Å². The fourth-order valence-electron chi connectivity index (χ4n) is 5.16. The first-order valence-electron chi connectivity index (χ1n) is 11.7. The third-order valence-corrected chi connectivity index (χ3v) is 7.18. The summed E-state index contributed by atoms with van der Waals surface area (Å²) in [7, 11) is 0. The molecule has 168 valence electrons. The van der Waals surface area contributed by atoms with Crippen molar-refractivity contribution >= 4 is 35.0 Å². The number of carbonyl (C=O) groups excluding carboxylic acids is 1. The minimum absolute atomic E-state index is 0.132. The molecule has 4 nitrogen and oxygen atoms in total. The number of para-hydroxylation sites is 1. The van der Waals surface area contributed by atoms with Gasteiger partial charge in [-0.3, -0.25) is 9.69 Å². The smallest absolute Gasteiger partial charge is 0.281 e. The number of anilines is 1. The molecule has 0 spiro atoms. The van der Waals surface area contributed by atoms with Crippen molar-refractivity contribution in [2.75, 3.05) is 4.90 Å². The second-order valence-electron chi connectivity index (χ2n) is 9.05. The van der Waals surface area contributed by atoms with Crippen molar-refractivity contribution in [2.24, 2.45) is 0 Å². The van der Waals surface area contributed by atoms with Gasteiger partial charge in [-0.2, -0.15) is 0 Å². The lowest BCUT2D eigenvalue weighted by Crippen LogP contribution is -2.30. The van der Waals surface area contributed by atoms with Gasteiger partial charge in [-0.1, -0.05) is 49.6 Å². The molecule has 2 heterocycles. The van der Waals surface area contributed by atoms with Crippen LogP contribution in [0.4, 0.5) is 5.69 Å². The average molecular weight is 456 g/mol. The highest BCUT2D eigenvalue weighted by molar-refractivity contribution is 7.80. The standard InChI is InChI=1S/C28H29N3OS/c1-19-17-23(18-26-27(32)31(28(33)29-26)24-11-7-4-8-12-24)20(2)30(19)25-15-13-22(14-16-25)21-9-5-3-6-10-21/h4,7-8,11-18,21H,3,5-6,9-10H2,1-2H3,(H,29,33)/b26-18-. The molecule has 5 rings (SSSR count). The Morgan fingerprint density at radius 2 is 1.64 bits per heavy atom. The Labute approximate surface area is 200 Å². The van der Waals surface area contributed by atoms with Gasteiger partial charge in [0.25, 0.3) is 5.91 Å². The molecule has 1 aliphatic carbocycles. The normalized spacial score (nSPS) is 18.2. The molecule has 1 saturated heterocycles. The summed E-state index contributed by atoms with van der Waals surface area (Å²) in [4.78, 5) is 14.6. The predicted octanol–water partition coefficient (Wildman–Crippen LogP) is 6.40. The van der Waals surface area contributed by atoms with E-state index < -0.39 is 0 Å².